The number of piperidine rings is 1. The average Bonchev–Trinajstić information content (AvgIpc) is 3.88. The summed E-state index contributed by atoms with van der Waals surface area (Å²) in [6.45, 7) is 2.29. The molecule has 0 bridgehead atoms. The van der Waals surface area contributed by atoms with Crippen molar-refractivity contribution in [2.45, 2.75) is 81.3 Å². The van der Waals surface area contributed by atoms with Crippen LogP contribution in [0.15, 0.2) is 108 Å². The first-order valence-corrected chi connectivity index (χ1v) is 24.0. The molecule has 67 heavy (non-hydrogen) atoms. The molecule has 2 fully saturated rings. The Hall–Kier alpha value is -6.75. The number of benzene rings is 5. The second-order valence-electron chi connectivity index (χ2n) is 17.5. The molecule has 346 valence electrons. The van der Waals surface area contributed by atoms with Crippen molar-refractivity contribution in [3.63, 3.8) is 0 Å². The van der Waals surface area contributed by atoms with E-state index in [0.29, 0.717) is 49.9 Å². The molecule has 5 aromatic carbocycles. The summed E-state index contributed by atoms with van der Waals surface area (Å²) in [6.07, 6.45) is 2.55. The number of sulfonamides is 1. The number of aliphatic hydroxyl groups is 1. The number of amides is 5. The fraction of sp³-hybridized carbons (Fsp3) is 0.314. The summed E-state index contributed by atoms with van der Waals surface area (Å²) in [7, 11) is -3.83. The highest BCUT2D eigenvalue weighted by Crippen LogP contribution is 2.49. The predicted molar refractivity (Wildman–Crippen MR) is 247 cm³/mol. The number of aryl methyl sites for hydroxylation is 3. The SMILES string of the molecule is Cc1ccc(S(=O)(=O)N2CC[C@@H]3[C@H](CO)Nc4ccc(-c5cccc(NC(=O)CCCc6ccc(CCCOc7cccc8c7C(=O)N(C7CCC(=O)NC7=O)C8=O)cc6F)c5)cc4[C@@H]32)cc1. The van der Waals surface area contributed by atoms with Gasteiger partial charge in [0, 0.05) is 36.7 Å². The largest absolute Gasteiger partial charge is 0.493 e. The second-order valence-corrected chi connectivity index (χ2v) is 19.4. The molecule has 4 heterocycles. The van der Waals surface area contributed by atoms with Crippen molar-refractivity contribution in [2.75, 3.05) is 30.4 Å². The van der Waals surface area contributed by atoms with Gasteiger partial charge in [-0.15, -0.1) is 0 Å². The molecular formula is C51H50FN5O9S. The van der Waals surface area contributed by atoms with Crippen molar-refractivity contribution in [1.29, 1.82) is 0 Å². The third-order valence-electron chi connectivity index (χ3n) is 13.2. The van der Waals surface area contributed by atoms with E-state index in [9.17, 15) is 37.5 Å². The summed E-state index contributed by atoms with van der Waals surface area (Å²) in [4.78, 5) is 64.8. The lowest BCUT2D eigenvalue weighted by molar-refractivity contribution is -0.136. The number of aliphatic hydroxyl groups excluding tert-OH is 1. The van der Waals surface area contributed by atoms with Crippen molar-refractivity contribution in [1.82, 2.24) is 14.5 Å². The minimum Gasteiger partial charge on any atom is -0.493 e. The number of carbonyl (C=O) groups is 5. The van der Waals surface area contributed by atoms with Crippen LogP contribution >= 0.6 is 0 Å². The normalized spacial score (nSPS) is 20.2. The maximum atomic E-state index is 15.3. The Morgan fingerprint density at radius 1 is 0.881 bits per heavy atom. The molecule has 0 saturated carbocycles. The minimum absolute atomic E-state index is 0.0196. The van der Waals surface area contributed by atoms with Gasteiger partial charge in [-0.25, -0.2) is 12.8 Å². The third-order valence-corrected chi connectivity index (χ3v) is 15.1. The maximum Gasteiger partial charge on any atom is 0.266 e. The molecule has 0 radical (unpaired) electrons. The number of fused-ring (bicyclic) bond motifs is 4. The van der Waals surface area contributed by atoms with E-state index >= 15 is 4.39 Å². The van der Waals surface area contributed by atoms with Gasteiger partial charge in [0.1, 0.15) is 17.6 Å². The number of hydrogen-bond donors (Lipinski definition) is 4. The van der Waals surface area contributed by atoms with Crippen LogP contribution in [0.3, 0.4) is 0 Å². The van der Waals surface area contributed by atoms with Gasteiger partial charge in [0.2, 0.25) is 27.7 Å². The van der Waals surface area contributed by atoms with Crippen LogP contribution in [0.2, 0.25) is 0 Å². The van der Waals surface area contributed by atoms with E-state index in [-0.39, 0.29) is 77.9 Å². The summed E-state index contributed by atoms with van der Waals surface area (Å²) in [5.74, 6) is -2.93. The molecule has 4 aliphatic heterocycles. The fourth-order valence-electron chi connectivity index (χ4n) is 9.77. The highest BCUT2D eigenvalue weighted by atomic mass is 32.2. The molecule has 0 spiro atoms. The Morgan fingerprint density at radius 2 is 1.67 bits per heavy atom. The van der Waals surface area contributed by atoms with Gasteiger partial charge in [0.25, 0.3) is 11.8 Å². The standard InChI is InChI=1S/C51H50FN5O9S/c1-30-13-18-36(19-14-30)67(64,65)56-24-23-37-42(29-58)54-41-20-17-34(28-39(41)48(37)56)33-8-2-9-35(27-33)53-45(59)12-3-7-32-16-15-31(26-40(32)52)6-5-25-66-44-11-4-10-38-47(44)51(63)57(50(38)62)43-21-22-46(60)55-49(43)61/h2,4,8-11,13-20,26-28,37,42-43,48,54,58H,3,5-7,12,21-25,29H2,1H3,(H,53,59)(H,55,60,61)/t37-,42+,43?,48-/m1/s1. The van der Waals surface area contributed by atoms with Gasteiger partial charge in [-0.2, -0.15) is 4.31 Å². The Balaban J connectivity index is 0.775. The minimum atomic E-state index is -3.83. The van der Waals surface area contributed by atoms with Gasteiger partial charge in [0.15, 0.2) is 0 Å². The number of nitrogens with zero attached hydrogens (tertiary/aromatic N) is 2. The number of halogens is 1. The van der Waals surface area contributed by atoms with Crippen LogP contribution in [0.25, 0.3) is 11.1 Å². The molecule has 4 aliphatic rings. The van der Waals surface area contributed by atoms with Crippen LogP contribution in [0.4, 0.5) is 15.8 Å². The van der Waals surface area contributed by atoms with E-state index in [1.54, 1.807) is 52.8 Å². The number of imide groups is 2. The smallest absolute Gasteiger partial charge is 0.266 e. The number of anilines is 2. The van der Waals surface area contributed by atoms with Gasteiger partial charge in [-0.3, -0.25) is 34.2 Å². The quantitative estimate of drug-likeness (QED) is 0.0648. The van der Waals surface area contributed by atoms with Gasteiger partial charge < -0.3 is 20.5 Å². The molecule has 0 aliphatic carbocycles. The van der Waals surface area contributed by atoms with E-state index in [2.05, 4.69) is 16.0 Å². The zero-order valence-corrected chi connectivity index (χ0v) is 37.6. The van der Waals surface area contributed by atoms with Crippen molar-refractivity contribution >= 4 is 50.9 Å². The first-order chi connectivity index (χ1) is 32.3. The highest BCUT2D eigenvalue weighted by molar-refractivity contribution is 7.89. The molecular weight excluding hydrogens is 878 g/mol. The van der Waals surface area contributed by atoms with Gasteiger partial charge in [-0.1, -0.05) is 54.1 Å². The van der Waals surface area contributed by atoms with E-state index in [1.165, 1.54) is 12.1 Å². The maximum absolute atomic E-state index is 15.3. The molecule has 14 nitrogen and oxygen atoms in total. The number of carbonyl (C=O) groups excluding carboxylic acids is 5. The number of ether oxygens (including phenoxy) is 1. The first kappa shape index (κ1) is 45.4. The Kier molecular flexibility index (Phi) is 12.8. The molecule has 16 heteroatoms. The lowest BCUT2D eigenvalue weighted by atomic mass is 9.82. The lowest BCUT2D eigenvalue weighted by Crippen LogP contribution is -2.54. The highest BCUT2D eigenvalue weighted by Gasteiger charge is 2.49. The van der Waals surface area contributed by atoms with Crippen LogP contribution in [-0.4, -0.2) is 84.1 Å². The monoisotopic (exact) mass is 927 g/mol. The van der Waals surface area contributed by atoms with Gasteiger partial charge >= 0.3 is 0 Å². The fourth-order valence-corrected chi connectivity index (χ4v) is 11.4. The Morgan fingerprint density at radius 3 is 2.45 bits per heavy atom. The predicted octanol–water partition coefficient (Wildman–Crippen LogP) is 6.71. The van der Waals surface area contributed by atoms with E-state index in [4.69, 9.17) is 4.74 Å². The zero-order chi connectivity index (χ0) is 47.0. The van der Waals surface area contributed by atoms with Crippen LogP contribution in [0, 0.1) is 18.7 Å². The third kappa shape index (κ3) is 9.08. The van der Waals surface area contributed by atoms with Crippen LogP contribution < -0.4 is 20.7 Å². The summed E-state index contributed by atoms with van der Waals surface area (Å²) < 4.78 is 50.8. The van der Waals surface area contributed by atoms with Crippen LogP contribution in [-0.2, 0) is 37.2 Å². The molecule has 4 N–H and O–H groups in total. The topological polar surface area (TPSA) is 192 Å². The van der Waals surface area contributed by atoms with Crippen LogP contribution in [0.1, 0.15) is 87.5 Å². The van der Waals surface area contributed by atoms with Crippen molar-refractivity contribution in [3.05, 3.63) is 142 Å². The molecule has 4 atom stereocenters. The summed E-state index contributed by atoms with van der Waals surface area (Å²) in [5, 5.41) is 18.9. The number of rotatable bonds is 15. The Labute approximate surface area is 387 Å². The average molecular weight is 928 g/mol. The second kappa shape index (κ2) is 18.9. The van der Waals surface area contributed by atoms with E-state index in [0.717, 1.165) is 38.4 Å². The first-order valence-electron chi connectivity index (χ1n) is 22.6. The summed E-state index contributed by atoms with van der Waals surface area (Å²) >= 11 is 0. The van der Waals surface area contributed by atoms with E-state index in [1.807, 2.05) is 49.4 Å². The zero-order valence-electron chi connectivity index (χ0n) is 36.8. The van der Waals surface area contributed by atoms with Crippen molar-refractivity contribution in [3.8, 4) is 16.9 Å². The van der Waals surface area contributed by atoms with Gasteiger partial charge in [-0.05, 0) is 128 Å². The Bertz CT molecular complexity index is 2910. The molecule has 2 saturated heterocycles. The van der Waals surface area contributed by atoms with E-state index < -0.39 is 45.7 Å². The van der Waals surface area contributed by atoms with Gasteiger partial charge in [0.05, 0.1) is 41.3 Å². The molecule has 9 rings (SSSR count). The number of hydrogen-bond acceptors (Lipinski definition) is 10. The molecule has 5 amide bonds. The molecule has 1 unspecified atom stereocenters. The lowest BCUT2D eigenvalue weighted by Gasteiger charge is -2.39. The summed E-state index contributed by atoms with van der Waals surface area (Å²) in [5.41, 5.74) is 6.25. The molecule has 0 aromatic heterocycles. The van der Waals surface area contributed by atoms with Crippen molar-refractivity contribution < 1.29 is 46.6 Å². The number of nitrogens with one attached hydrogen (secondary N) is 3. The molecule has 5 aromatic rings. The summed E-state index contributed by atoms with van der Waals surface area (Å²) in [6, 6.07) is 28.0. The van der Waals surface area contributed by atoms with Crippen molar-refractivity contribution in [2.24, 2.45) is 5.92 Å². The van der Waals surface area contributed by atoms with Crippen LogP contribution in [0.5, 0.6) is 5.75 Å².